The predicted octanol–water partition coefficient (Wildman–Crippen LogP) is 8.40. The molecular formula is C33H40FNO. The Kier molecular flexibility index (Phi) is 12.5. The Bertz CT molecular complexity index is 1150. The van der Waals surface area contributed by atoms with Crippen LogP contribution in [-0.2, 0) is 0 Å². The summed E-state index contributed by atoms with van der Waals surface area (Å²) in [7, 11) is 0. The molecule has 3 heteroatoms. The summed E-state index contributed by atoms with van der Waals surface area (Å²) in [6.07, 6.45) is 3.23. The molecule has 0 unspecified atom stereocenters. The number of hydrogen-bond donors (Lipinski definition) is 1. The summed E-state index contributed by atoms with van der Waals surface area (Å²) >= 11 is 0. The second-order valence-corrected chi connectivity index (χ2v) is 8.10. The van der Waals surface area contributed by atoms with Gasteiger partial charge < -0.3 is 5.11 Å². The molecule has 0 aliphatic carbocycles. The lowest BCUT2D eigenvalue weighted by atomic mass is 9.88. The number of phenols is 1. The molecule has 1 fully saturated rings. The number of phenolic OH excluding ortho intramolecular Hbond substituents is 1. The highest BCUT2D eigenvalue weighted by molar-refractivity contribution is 5.98. The van der Waals surface area contributed by atoms with Crippen molar-refractivity contribution >= 4 is 11.1 Å². The average Bonchev–Trinajstić information content (AvgIpc) is 3.45. The normalized spacial score (nSPS) is 13.3. The highest BCUT2D eigenvalue weighted by atomic mass is 19.1. The summed E-state index contributed by atoms with van der Waals surface area (Å²) in [4.78, 5) is 2.30. The van der Waals surface area contributed by atoms with Crippen molar-refractivity contribution in [1.29, 1.82) is 0 Å². The zero-order valence-electron chi connectivity index (χ0n) is 22.4. The summed E-state index contributed by atoms with van der Waals surface area (Å²) in [5, 5.41) is 9.77. The van der Waals surface area contributed by atoms with Crippen LogP contribution in [-0.4, -0.2) is 29.6 Å². The Balaban J connectivity index is 0.00000109. The fourth-order valence-corrected chi connectivity index (χ4v) is 4.27. The standard InChI is InChI=1S/C29H28FNO.2C2H6/c1-2-27(22-9-4-3-5-10-22)29(24-14-16-26(32)17-15-24)25-13-12-23(28(30)21-25)11-8-20-31-18-6-7-19-31;2*1-2/h3-5,9-10,12-17,21,32H,2,6-7,18-20H2,1H3;2*1-2H3/b29-27-;;. The minimum atomic E-state index is -0.309. The molecule has 0 radical (unpaired) electrons. The Morgan fingerprint density at radius 3 is 2.03 bits per heavy atom. The van der Waals surface area contributed by atoms with Gasteiger partial charge >= 0.3 is 0 Å². The van der Waals surface area contributed by atoms with E-state index in [-0.39, 0.29) is 11.6 Å². The van der Waals surface area contributed by atoms with Gasteiger partial charge in [0.2, 0.25) is 0 Å². The number of nitrogens with zero attached hydrogens (tertiary/aromatic N) is 1. The monoisotopic (exact) mass is 485 g/mol. The van der Waals surface area contributed by atoms with E-state index in [9.17, 15) is 5.11 Å². The molecule has 0 bridgehead atoms. The predicted molar refractivity (Wildman–Crippen MR) is 152 cm³/mol. The van der Waals surface area contributed by atoms with E-state index >= 15 is 4.39 Å². The number of benzene rings is 3. The van der Waals surface area contributed by atoms with Gasteiger partial charge in [-0.2, -0.15) is 0 Å². The van der Waals surface area contributed by atoms with Crippen LogP contribution in [0.2, 0.25) is 0 Å². The van der Waals surface area contributed by atoms with Crippen molar-refractivity contribution in [2.75, 3.05) is 19.6 Å². The van der Waals surface area contributed by atoms with Crippen molar-refractivity contribution in [2.45, 2.75) is 53.9 Å². The van der Waals surface area contributed by atoms with Crippen LogP contribution < -0.4 is 0 Å². The van der Waals surface area contributed by atoms with Gasteiger partial charge in [-0.15, -0.1) is 0 Å². The topological polar surface area (TPSA) is 23.5 Å². The van der Waals surface area contributed by atoms with Crippen LogP contribution in [0.15, 0.2) is 72.8 Å². The number of hydrogen-bond acceptors (Lipinski definition) is 2. The van der Waals surface area contributed by atoms with Crippen LogP contribution in [0.4, 0.5) is 4.39 Å². The zero-order chi connectivity index (χ0) is 26.3. The van der Waals surface area contributed by atoms with Crippen molar-refractivity contribution in [3.05, 3.63) is 101 Å². The zero-order valence-corrected chi connectivity index (χ0v) is 22.4. The number of likely N-dealkylation sites (tertiary alicyclic amines) is 1. The first-order valence-electron chi connectivity index (χ1n) is 13.2. The Morgan fingerprint density at radius 2 is 1.44 bits per heavy atom. The van der Waals surface area contributed by atoms with E-state index in [2.05, 4.69) is 35.8 Å². The first kappa shape index (κ1) is 28.9. The van der Waals surface area contributed by atoms with Crippen molar-refractivity contribution in [3.8, 4) is 17.6 Å². The lowest BCUT2D eigenvalue weighted by molar-refractivity contribution is 0.383. The van der Waals surface area contributed by atoms with Gasteiger partial charge in [0.25, 0.3) is 0 Å². The second-order valence-electron chi connectivity index (χ2n) is 8.10. The lowest BCUT2D eigenvalue weighted by Crippen LogP contribution is -2.18. The van der Waals surface area contributed by atoms with Crippen LogP contribution in [0.1, 0.15) is 76.1 Å². The van der Waals surface area contributed by atoms with Crippen LogP contribution in [0.3, 0.4) is 0 Å². The number of rotatable bonds is 5. The molecule has 0 aromatic heterocycles. The Hall–Kier alpha value is -3.35. The molecule has 4 rings (SSSR count). The summed E-state index contributed by atoms with van der Waals surface area (Å²) in [5.74, 6) is 6.04. The quantitative estimate of drug-likeness (QED) is 0.290. The molecule has 3 aromatic carbocycles. The molecule has 190 valence electrons. The molecule has 1 aliphatic heterocycles. The molecule has 0 spiro atoms. The first-order chi connectivity index (χ1) is 17.7. The van der Waals surface area contributed by atoms with Gasteiger partial charge in [-0.05, 0) is 84.5 Å². The van der Waals surface area contributed by atoms with Crippen molar-refractivity contribution in [3.63, 3.8) is 0 Å². The number of aromatic hydroxyl groups is 1. The van der Waals surface area contributed by atoms with Crippen molar-refractivity contribution in [1.82, 2.24) is 4.90 Å². The van der Waals surface area contributed by atoms with E-state index in [1.54, 1.807) is 24.3 Å². The van der Waals surface area contributed by atoms with Gasteiger partial charge in [0.15, 0.2) is 0 Å². The third-order valence-corrected chi connectivity index (χ3v) is 5.92. The molecule has 36 heavy (non-hydrogen) atoms. The molecule has 3 aromatic rings. The first-order valence-corrected chi connectivity index (χ1v) is 13.2. The summed E-state index contributed by atoms with van der Waals surface area (Å²) in [6.45, 7) is 13.0. The van der Waals surface area contributed by atoms with Gasteiger partial charge in [0.1, 0.15) is 11.6 Å². The van der Waals surface area contributed by atoms with Crippen molar-refractivity contribution in [2.24, 2.45) is 0 Å². The molecule has 1 saturated heterocycles. The van der Waals surface area contributed by atoms with Gasteiger partial charge in [0, 0.05) is 0 Å². The fourth-order valence-electron chi connectivity index (χ4n) is 4.27. The maximum Gasteiger partial charge on any atom is 0.139 e. The van der Waals surface area contributed by atoms with E-state index in [0.717, 1.165) is 47.3 Å². The summed E-state index contributed by atoms with van der Waals surface area (Å²) in [6, 6.07) is 22.6. The van der Waals surface area contributed by atoms with Gasteiger partial charge in [0.05, 0.1) is 12.1 Å². The van der Waals surface area contributed by atoms with Crippen LogP contribution in [0.25, 0.3) is 11.1 Å². The van der Waals surface area contributed by atoms with Crippen LogP contribution >= 0.6 is 0 Å². The third kappa shape index (κ3) is 7.83. The molecule has 1 N–H and O–H groups in total. The molecule has 0 saturated carbocycles. The molecular weight excluding hydrogens is 445 g/mol. The van der Waals surface area contributed by atoms with Gasteiger partial charge in [-0.1, -0.05) is 95.0 Å². The minimum absolute atomic E-state index is 0.209. The average molecular weight is 486 g/mol. The SMILES string of the molecule is CC.CC.CC/C(=C(\c1ccc(O)cc1)c1ccc(C#CCN2CCCC2)c(F)c1)c1ccccc1. The van der Waals surface area contributed by atoms with E-state index in [1.165, 1.54) is 12.8 Å². The highest BCUT2D eigenvalue weighted by Gasteiger charge is 2.15. The highest BCUT2D eigenvalue weighted by Crippen LogP contribution is 2.35. The van der Waals surface area contributed by atoms with E-state index in [1.807, 2.05) is 64.1 Å². The van der Waals surface area contributed by atoms with E-state index in [0.29, 0.717) is 12.1 Å². The molecule has 0 atom stereocenters. The Morgan fingerprint density at radius 1 is 0.833 bits per heavy atom. The smallest absolute Gasteiger partial charge is 0.139 e. The fraction of sp³-hybridized carbons (Fsp3) is 0.333. The minimum Gasteiger partial charge on any atom is -0.508 e. The number of allylic oxidation sites excluding steroid dienone is 1. The van der Waals surface area contributed by atoms with Crippen LogP contribution in [0.5, 0.6) is 5.75 Å². The Labute approximate surface area is 217 Å². The van der Waals surface area contributed by atoms with Crippen LogP contribution in [0, 0.1) is 17.7 Å². The maximum absolute atomic E-state index is 15.1. The van der Waals surface area contributed by atoms with Gasteiger partial charge in [-0.3, -0.25) is 4.90 Å². The summed E-state index contributed by atoms with van der Waals surface area (Å²) < 4.78 is 15.1. The largest absolute Gasteiger partial charge is 0.508 e. The van der Waals surface area contributed by atoms with Gasteiger partial charge in [-0.25, -0.2) is 4.39 Å². The third-order valence-electron chi connectivity index (χ3n) is 5.92. The molecule has 0 amide bonds. The second kappa shape index (κ2) is 15.6. The lowest BCUT2D eigenvalue weighted by Gasteiger charge is -2.17. The number of halogens is 1. The van der Waals surface area contributed by atoms with E-state index in [4.69, 9.17) is 0 Å². The molecule has 1 aliphatic rings. The molecule has 1 heterocycles. The summed E-state index contributed by atoms with van der Waals surface area (Å²) in [5.41, 5.74) is 5.37. The van der Waals surface area contributed by atoms with Crippen molar-refractivity contribution < 1.29 is 9.50 Å². The maximum atomic E-state index is 15.1. The molecule has 2 nitrogen and oxygen atoms in total. The van der Waals surface area contributed by atoms with E-state index < -0.39 is 0 Å².